The third-order valence-electron chi connectivity index (χ3n) is 1.93. The molecular weight excluding hydrogens is 166 g/mol. The van der Waals surface area contributed by atoms with Gasteiger partial charge in [-0.15, -0.1) is 0 Å². The first-order valence-corrected chi connectivity index (χ1v) is 4.18. The fraction of sp³-hybridized carbons (Fsp3) is 0.200. The van der Waals surface area contributed by atoms with Gasteiger partial charge in [-0.05, 0) is 5.56 Å². The monoisotopic (exact) mass is 175 g/mol. The molecule has 0 aromatic heterocycles. The molecule has 1 aliphatic heterocycles. The molecule has 1 aliphatic rings. The lowest BCUT2D eigenvalue weighted by molar-refractivity contribution is -0.144. The standard InChI is InChI=1S/C10H9NO2/c12-10-7-6-9(11-13-10)8-4-2-1-3-5-8/h1-5H,6-7H2. The van der Waals surface area contributed by atoms with Crippen molar-refractivity contribution in [3.05, 3.63) is 35.9 Å². The molecule has 3 heteroatoms. The first kappa shape index (κ1) is 7.98. The van der Waals surface area contributed by atoms with Crippen molar-refractivity contribution in [2.24, 2.45) is 5.16 Å². The van der Waals surface area contributed by atoms with Crippen LogP contribution in [0.2, 0.25) is 0 Å². The molecule has 0 unspecified atom stereocenters. The Hall–Kier alpha value is -1.64. The number of carbonyl (C=O) groups excluding carboxylic acids is 1. The van der Waals surface area contributed by atoms with Gasteiger partial charge in [-0.2, -0.15) is 0 Å². The molecule has 0 saturated heterocycles. The van der Waals surface area contributed by atoms with Crippen LogP contribution in [0.3, 0.4) is 0 Å². The maximum atomic E-state index is 10.7. The summed E-state index contributed by atoms with van der Waals surface area (Å²) < 4.78 is 0. The van der Waals surface area contributed by atoms with Gasteiger partial charge in [-0.1, -0.05) is 35.5 Å². The number of oxime groups is 1. The number of benzene rings is 1. The van der Waals surface area contributed by atoms with Crippen LogP contribution in [0, 0.1) is 0 Å². The zero-order chi connectivity index (χ0) is 9.10. The van der Waals surface area contributed by atoms with Crippen molar-refractivity contribution in [2.45, 2.75) is 12.8 Å². The van der Waals surface area contributed by atoms with E-state index >= 15 is 0 Å². The molecule has 0 amide bonds. The Kier molecular flexibility index (Phi) is 2.08. The summed E-state index contributed by atoms with van der Waals surface area (Å²) in [5.41, 5.74) is 1.87. The van der Waals surface area contributed by atoms with Gasteiger partial charge in [0.15, 0.2) is 0 Å². The van der Waals surface area contributed by atoms with Crippen LogP contribution in [0.1, 0.15) is 18.4 Å². The van der Waals surface area contributed by atoms with Gasteiger partial charge in [0.1, 0.15) is 0 Å². The maximum Gasteiger partial charge on any atom is 0.335 e. The number of rotatable bonds is 1. The van der Waals surface area contributed by atoms with Gasteiger partial charge in [0, 0.05) is 6.42 Å². The van der Waals surface area contributed by atoms with Gasteiger partial charge in [-0.3, -0.25) is 0 Å². The fourth-order valence-electron chi connectivity index (χ4n) is 1.25. The molecule has 2 rings (SSSR count). The van der Waals surface area contributed by atoms with Crippen molar-refractivity contribution < 1.29 is 9.63 Å². The molecule has 0 atom stereocenters. The van der Waals surface area contributed by atoms with Crippen LogP contribution in [0.15, 0.2) is 35.5 Å². The van der Waals surface area contributed by atoms with Crippen LogP contribution < -0.4 is 0 Å². The molecule has 0 spiro atoms. The van der Waals surface area contributed by atoms with E-state index in [0.29, 0.717) is 12.8 Å². The number of carbonyl (C=O) groups is 1. The Morgan fingerprint density at radius 1 is 1.15 bits per heavy atom. The van der Waals surface area contributed by atoms with E-state index in [-0.39, 0.29) is 5.97 Å². The van der Waals surface area contributed by atoms with Crippen LogP contribution in [0.5, 0.6) is 0 Å². The van der Waals surface area contributed by atoms with E-state index in [1.165, 1.54) is 0 Å². The average Bonchev–Trinajstić information content (AvgIpc) is 2.20. The minimum Gasteiger partial charge on any atom is -0.318 e. The zero-order valence-corrected chi connectivity index (χ0v) is 7.06. The highest BCUT2D eigenvalue weighted by molar-refractivity contribution is 6.02. The van der Waals surface area contributed by atoms with Gasteiger partial charge < -0.3 is 4.84 Å². The predicted octanol–water partition coefficient (Wildman–Crippen LogP) is 1.73. The molecule has 1 heterocycles. The Morgan fingerprint density at radius 3 is 2.54 bits per heavy atom. The quantitative estimate of drug-likeness (QED) is 0.609. The molecule has 1 aromatic rings. The second-order valence-electron chi connectivity index (χ2n) is 2.87. The van der Waals surface area contributed by atoms with Crippen LogP contribution in [-0.2, 0) is 9.63 Å². The highest BCUT2D eigenvalue weighted by Gasteiger charge is 2.14. The Balaban J connectivity index is 2.23. The molecule has 0 N–H and O–H groups in total. The topological polar surface area (TPSA) is 38.7 Å². The zero-order valence-electron chi connectivity index (χ0n) is 7.06. The van der Waals surface area contributed by atoms with E-state index in [1.807, 2.05) is 30.3 Å². The number of nitrogens with zero attached hydrogens (tertiary/aromatic N) is 1. The predicted molar refractivity (Wildman–Crippen MR) is 48.3 cm³/mol. The molecule has 0 aliphatic carbocycles. The summed E-state index contributed by atoms with van der Waals surface area (Å²) in [4.78, 5) is 15.3. The van der Waals surface area contributed by atoms with Crippen molar-refractivity contribution >= 4 is 11.7 Å². The van der Waals surface area contributed by atoms with E-state index < -0.39 is 0 Å². The lowest BCUT2D eigenvalue weighted by atomic mass is 10.1. The largest absolute Gasteiger partial charge is 0.335 e. The van der Waals surface area contributed by atoms with Crippen molar-refractivity contribution in [3.63, 3.8) is 0 Å². The summed E-state index contributed by atoms with van der Waals surface area (Å²) in [6, 6.07) is 9.73. The van der Waals surface area contributed by atoms with E-state index in [1.54, 1.807) is 0 Å². The van der Waals surface area contributed by atoms with Gasteiger partial charge in [-0.25, -0.2) is 4.79 Å². The Labute approximate surface area is 76.0 Å². The molecule has 3 nitrogen and oxygen atoms in total. The summed E-state index contributed by atoms with van der Waals surface area (Å²) in [6.07, 6.45) is 1.09. The van der Waals surface area contributed by atoms with Gasteiger partial charge in [0.05, 0.1) is 12.1 Å². The minimum absolute atomic E-state index is 0.250. The SMILES string of the molecule is O=C1CCC(c2ccccc2)=NO1. The maximum absolute atomic E-state index is 10.7. The van der Waals surface area contributed by atoms with Crippen LogP contribution in [0.25, 0.3) is 0 Å². The minimum atomic E-state index is -0.250. The summed E-state index contributed by atoms with van der Waals surface area (Å²) >= 11 is 0. The van der Waals surface area contributed by atoms with E-state index in [2.05, 4.69) is 9.99 Å². The first-order chi connectivity index (χ1) is 6.36. The lowest BCUT2D eigenvalue weighted by Gasteiger charge is -2.09. The molecule has 0 fully saturated rings. The van der Waals surface area contributed by atoms with Crippen LogP contribution >= 0.6 is 0 Å². The molecule has 0 radical (unpaired) electrons. The fourth-order valence-corrected chi connectivity index (χ4v) is 1.25. The van der Waals surface area contributed by atoms with Crippen LogP contribution in [0.4, 0.5) is 0 Å². The Bertz CT molecular complexity index is 343. The molecule has 1 aromatic carbocycles. The summed E-state index contributed by atoms with van der Waals surface area (Å²) in [5.74, 6) is -0.250. The summed E-state index contributed by atoms with van der Waals surface area (Å²) in [5, 5.41) is 3.75. The lowest BCUT2D eigenvalue weighted by Crippen LogP contribution is -2.13. The van der Waals surface area contributed by atoms with Gasteiger partial charge in [0.2, 0.25) is 0 Å². The third-order valence-corrected chi connectivity index (χ3v) is 1.93. The van der Waals surface area contributed by atoms with E-state index in [0.717, 1.165) is 11.3 Å². The van der Waals surface area contributed by atoms with Crippen molar-refractivity contribution in [1.29, 1.82) is 0 Å². The van der Waals surface area contributed by atoms with E-state index in [4.69, 9.17) is 0 Å². The molecule has 0 bridgehead atoms. The molecule has 66 valence electrons. The third kappa shape index (κ3) is 1.75. The van der Waals surface area contributed by atoms with Crippen molar-refractivity contribution in [2.75, 3.05) is 0 Å². The highest BCUT2D eigenvalue weighted by Crippen LogP contribution is 2.11. The smallest absolute Gasteiger partial charge is 0.318 e. The van der Waals surface area contributed by atoms with E-state index in [9.17, 15) is 4.79 Å². The number of hydrogen-bond donors (Lipinski definition) is 0. The van der Waals surface area contributed by atoms with Crippen LogP contribution in [-0.4, -0.2) is 11.7 Å². The summed E-state index contributed by atoms with van der Waals surface area (Å²) in [7, 11) is 0. The second kappa shape index (κ2) is 3.39. The average molecular weight is 175 g/mol. The molecule has 0 saturated carbocycles. The first-order valence-electron chi connectivity index (χ1n) is 4.18. The normalized spacial score (nSPS) is 16.3. The Morgan fingerprint density at radius 2 is 1.92 bits per heavy atom. The molecular formula is C10H9NO2. The second-order valence-corrected chi connectivity index (χ2v) is 2.87. The summed E-state index contributed by atoms with van der Waals surface area (Å²) in [6.45, 7) is 0. The van der Waals surface area contributed by atoms with Crippen molar-refractivity contribution in [1.82, 2.24) is 0 Å². The van der Waals surface area contributed by atoms with Gasteiger partial charge >= 0.3 is 5.97 Å². The number of hydrogen-bond acceptors (Lipinski definition) is 3. The molecule has 13 heavy (non-hydrogen) atoms. The van der Waals surface area contributed by atoms with Crippen molar-refractivity contribution in [3.8, 4) is 0 Å². The highest BCUT2D eigenvalue weighted by atomic mass is 16.7. The van der Waals surface area contributed by atoms with Gasteiger partial charge in [0.25, 0.3) is 0 Å².